The lowest BCUT2D eigenvalue weighted by molar-refractivity contribution is 0.407. The van der Waals surface area contributed by atoms with Crippen LogP contribution in [0.1, 0.15) is 11.1 Å². The number of hydrogen-bond acceptors (Lipinski definition) is 3. The number of aryl methyl sites for hydroxylation is 2. The van der Waals surface area contributed by atoms with Crippen LogP contribution in [0.15, 0.2) is 47.3 Å². The second-order valence-corrected chi connectivity index (χ2v) is 5.64. The van der Waals surface area contributed by atoms with Crippen LogP contribution in [0.25, 0.3) is 11.0 Å². The lowest BCUT2D eigenvalue weighted by atomic mass is 10.1. The molecular weight excluding hydrogens is 290 g/mol. The number of imidazole rings is 1. The van der Waals surface area contributed by atoms with Crippen LogP contribution in [-0.4, -0.2) is 16.2 Å². The van der Waals surface area contributed by atoms with Crippen LogP contribution < -0.4 is 15.7 Å². The van der Waals surface area contributed by atoms with Crippen LogP contribution in [0, 0.1) is 0 Å². The molecule has 3 aromatic rings. The fraction of sp³-hybridized carbons (Fsp3) is 0.278. The van der Waals surface area contributed by atoms with Crippen LogP contribution in [-0.2, 0) is 27.2 Å². The first-order valence-electron chi connectivity index (χ1n) is 7.58. The van der Waals surface area contributed by atoms with Crippen molar-refractivity contribution in [1.82, 2.24) is 14.5 Å². The lowest BCUT2D eigenvalue weighted by Gasteiger charge is -2.09. The predicted octanol–water partition coefficient (Wildman–Crippen LogP) is 2.18. The molecule has 0 saturated carbocycles. The number of nitrogens with zero attached hydrogens (tertiary/aromatic N) is 2. The summed E-state index contributed by atoms with van der Waals surface area (Å²) in [5, 5.41) is 3.42. The van der Waals surface area contributed by atoms with Crippen molar-refractivity contribution in [3.05, 3.63) is 64.1 Å². The molecule has 0 bridgehead atoms. The third kappa shape index (κ3) is 2.87. The molecule has 0 aliphatic carbocycles. The monoisotopic (exact) mass is 311 g/mol. The van der Waals surface area contributed by atoms with Gasteiger partial charge in [0.1, 0.15) is 5.75 Å². The van der Waals surface area contributed by atoms with E-state index >= 15 is 0 Å². The number of ether oxygens (including phenoxy) is 1. The molecule has 120 valence electrons. The van der Waals surface area contributed by atoms with E-state index in [1.54, 1.807) is 30.3 Å². The molecule has 0 unspecified atom stereocenters. The fourth-order valence-electron chi connectivity index (χ4n) is 2.85. The van der Waals surface area contributed by atoms with Crippen LogP contribution >= 0.6 is 0 Å². The predicted molar refractivity (Wildman–Crippen MR) is 91.7 cm³/mol. The Morgan fingerprint density at radius 2 is 1.74 bits per heavy atom. The molecular formula is C18H21N3O2. The van der Waals surface area contributed by atoms with Gasteiger partial charge in [-0.2, -0.15) is 0 Å². The van der Waals surface area contributed by atoms with Gasteiger partial charge in [0.15, 0.2) is 0 Å². The van der Waals surface area contributed by atoms with E-state index < -0.39 is 0 Å². The van der Waals surface area contributed by atoms with Gasteiger partial charge in [0, 0.05) is 32.7 Å². The molecule has 0 fully saturated rings. The third-order valence-electron chi connectivity index (χ3n) is 4.17. The van der Waals surface area contributed by atoms with Gasteiger partial charge in [0.05, 0.1) is 18.1 Å². The van der Waals surface area contributed by atoms with Crippen molar-refractivity contribution in [1.29, 1.82) is 0 Å². The first-order chi connectivity index (χ1) is 11.1. The van der Waals surface area contributed by atoms with Crippen LogP contribution in [0.4, 0.5) is 0 Å². The lowest BCUT2D eigenvalue weighted by Crippen LogP contribution is -2.19. The number of benzene rings is 2. The quantitative estimate of drug-likeness (QED) is 0.785. The number of methoxy groups -OCH3 is 1. The molecule has 0 saturated heterocycles. The van der Waals surface area contributed by atoms with E-state index in [1.807, 2.05) is 24.3 Å². The van der Waals surface area contributed by atoms with Crippen molar-refractivity contribution in [3.63, 3.8) is 0 Å². The second-order valence-electron chi connectivity index (χ2n) is 5.64. The van der Waals surface area contributed by atoms with E-state index in [0.29, 0.717) is 0 Å². The molecule has 0 atom stereocenters. The highest BCUT2D eigenvalue weighted by Gasteiger charge is 2.08. The Morgan fingerprint density at radius 3 is 2.52 bits per heavy atom. The Morgan fingerprint density at radius 1 is 1.00 bits per heavy atom. The van der Waals surface area contributed by atoms with Gasteiger partial charge >= 0.3 is 5.69 Å². The molecule has 0 spiro atoms. The van der Waals surface area contributed by atoms with Crippen molar-refractivity contribution in [2.24, 2.45) is 14.1 Å². The third-order valence-corrected chi connectivity index (χ3v) is 4.17. The first-order valence-corrected chi connectivity index (χ1v) is 7.58. The average molecular weight is 311 g/mol. The molecule has 1 N–H and O–H groups in total. The van der Waals surface area contributed by atoms with Crippen molar-refractivity contribution in [2.75, 3.05) is 7.11 Å². The standard InChI is InChI=1S/C18H21N3O2/c1-20-15-9-8-13(10-16(15)21(2)18(20)22)11-19-12-14-6-4-5-7-17(14)23-3/h4-10,19H,11-12H2,1-3H3. The summed E-state index contributed by atoms with van der Waals surface area (Å²) in [5.41, 5.74) is 4.18. The maximum atomic E-state index is 12.0. The minimum Gasteiger partial charge on any atom is -0.496 e. The summed E-state index contributed by atoms with van der Waals surface area (Å²) in [6, 6.07) is 14.1. The molecule has 0 aliphatic rings. The molecule has 3 rings (SSSR count). The van der Waals surface area contributed by atoms with E-state index in [9.17, 15) is 4.79 Å². The van der Waals surface area contributed by atoms with E-state index in [2.05, 4.69) is 23.5 Å². The molecule has 0 aliphatic heterocycles. The molecule has 23 heavy (non-hydrogen) atoms. The van der Waals surface area contributed by atoms with Crippen molar-refractivity contribution >= 4 is 11.0 Å². The summed E-state index contributed by atoms with van der Waals surface area (Å²) in [6.45, 7) is 1.47. The van der Waals surface area contributed by atoms with Gasteiger partial charge in [-0.1, -0.05) is 24.3 Å². The summed E-state index contributed by atoms with van der Waals surface area (Å²) in [4.78, 5) is 12.0. The maximum Gasteiger partial charge on any atom is 0.328 e. The van der Waals surface area contributed by atoms with Gasteiger partial charge < -0.3 is 10.1 Å². The normalized spacial score (nSPS) is 11.1. The van der Waals surface area contributed by atoms with Gasteiger partial charge in [-0.15, -0.1) is 0 Å². The van der Waals surface area contributed by atoms with Crippen LogP contribution in [0.3, 0.4) is 0 Å². The summed E-state index contributed by atoms with van der Waals surface area (Å²) in [6.07, 6.45) is 0. The minimum atomic E-state index is -0.000805. The fourth-order valence-corrected chi connectivity index (χ4v) is 2.85. The summed E-state index contributed by atoms with van der Waals surface area (Å²) in [7, 11) is 5.28. The summed E-state index contributed by atoms with van der Waals surface area (Å²) >= 11 is 0. The topological polar surface area (TPSA) is 48.2 Å². The first kappa shape index (κ1) is 15.4. The van der Waals surface area contributed by atoms with E-state index in [-0.39, 0.29) is 5.69 Å². The largest absolute Gasteiger partial charge is 0.496 e. The van der Waals surface area contributed by atoms with E-state index in [0.717, 1.165) is 41.0 Å². The van der Waals surface area contributed by atoms with Crippen LogP contribution in [0.5, 0.6) is 5.75 Å². The molecule has 1 heterocycles. The van der Waals surface area contributed by atoms with E-state index in [1.165, 1.54) is 0 Å². The molecule has 0 amide bonds. The SMILES string of the molecule is COc1ccccc1CNCc1ccc2c(c1)n(C)c(=O)n2C. The zero-order valence-electron chi connectivity index (χ0n) is 13.7. The highest BCUT2D eigenvalue weighted by atomic mass is 16.5. The Bertz CT molecular complexity index is 893. The number of rotatable bonds is 5. The number of hydrogen-bond donors (Lipinski definition) is 1. The number of fused-ring (bicyclic) bond motifs is 1. The van der Waals surface area contributed by atoms with Crippen LogP contribution in [0.2, 0.25) is 0 Å². The smallest absolute Gasteiger partial charge is 0.328 e. The zero-order valence-corrected chi connectivity index (χ0v) is 13.7. The van der Waals surface area contributed by atoms with Gasteiger partial charge in [-0.25, -0.2) is 4.79 Å². The molecule has 2 aromatic carbocycles. The Balaban J connectivity index is 1.75. The maximum absolute atomic E-state index is 12.0. The summed E-state index contributed by atoms with van der Waals surface area (Å²) in [5.74, 6) is 0.890. The molecule has 1 aromatic heterocycles. The minimum absolute atomic E-state index is 0.000805. The highest BCUT2D eigenvalue weighted by molar-refractivity contribution is 5.76. The number of nitrogens with one attached hydrogen (secondary N) is 1. The Kier molecular flexibility index (Phi) is 4.21. The average Bonchev–Trinajstić information content (AvgIpc) is 2.80. The van der Waals surface area contributed by atoms with Gasteiger partial charge in [-0.3, -0.25) is 9.13 Å². The van der Waals surface area contributed by atoms with Gasteiger partial charge in [0.25, 0.3) is 0 Å². The van der Waals surface area contributed by atoms with E-state index in [4.69, 9.17) is 4.74 Å². The molecule has 0 radical (unpaired) electrons. The zero-order chi connectivity index (χ0) is 16.4. The number of para-hydroxylation sites is 1. The van der Waals surface area contributed by atoms with Gasteiger partial charge in [-0.05, 0) is 23.8 Å². The summed E-state index contributed by atoms with van der Waals surface area (Å²) < 4.78 is 8.70. The highest BCUT2D eigenvalue weighted by Crippen LogP contribution is 2.17. The van der Waals surface area contributed by atoms with Gasteiger partial charge in [0.2, 0.25) is 0 Å². The Labute approximate surface area is 135 Å². The number of aromatic nitrogens is 2. The molecule has 5 heteroatoms. The van der Waals surface area contributed by atoms with Crippen molar-refractivity contribution in [2.45, 2.75) is 13.1 Å². The van der Waals surface area contributed by atoms with Crippen molar-refractivity contribution in [3.8, 4) is 5.75 Å². The van der Waals surface area contributed by atoms with Crippen molar-refractivity contribution < 1.29 is 4.74 Å². The Hall–Kier alpha value is -2.53. The molecule has 5 nitrogen and oxygen atoms in total. The second kappa shape index (κ2) is 6.30.